The molecule has 1 heterocycles. The first-order valence-electron chi connectivity index (χ1n) is 6.37. The van der Waals surface area contributed by atoms with Crippen molar-refractivity contribution in [3.8, 4) is 11.1 Å². The zero-order valence-electron chi connectivity index (χ0n) is 10.4. The topological polar surface area (TPSA) is 29.1 Å². The summed E-state index contributed by atoms with van der Waals surface area (Å²) in [7, 11) is 0. The van der Waals surface area contributed by atoms with Crippen molar-refractivity contribution in [1.82, 2.24) is 5.32 Å². The Labute approximate surface area is 117 Å². The minimum Gasteiger partial charge on any atom is -0.356 e. The third-order valence-electron chi connectivity index (χ3n) is 3.52. The molecule has 3 rings (SSSR count). The molecular weight excluding hydrogens is 258 g/mol. The van der Waals surface area contributed by atoms with E-state index in [0.717, 1.165) is 34.7 Å². The summed E-state index contributed by atoms with van der Waals surface area (Å²) in [5.74, 6) is 0.125. The number of carbonyl (C=O) groups excluding carboxylic acids is 1. The number of nitrogens with one attached hydrogen (secondary N) is 1. The summed E-state index contributed by atoms with van der Waals surface area (Å²) < 4.78 is 0. The van der Waals surface area contributed by atoms with Crippen molar-refractivity contribution in [2.45, 2.75) is 12.3 Å². The van der Waals surface area contributed by atoms with Gasteiger partial charge >= 0.3 is 0 Å². The van der Waals surface area contributed by atoms with Crippen LogP contribution in [0.5, 0.6) is 0 Å². The molecule has 1 saturated heterocycles. The van der Waals surface area contributed by atoms with Gasteiger partial charge in [-0.25, -0.2) is 0 Å². The Morgan fingerprint density at radius 3 is 2.53 bits per heavy atom. The molecule has 1 atom stereocenters. The van der Waals surface area contributed by atoms with E-state index in [-0.39, 0.29) is 11.8 Å². The zero-order valence-corrected chi connectivity index (χ0v) is 11.2. The first kappa shape index (κ1) is 12.2. The molecule has 1 unspecified atom stereocenters. The van der Waals surface area contributed by atoms with Crippen LogP contribution in [-0.2, 0) is 4.79 Å². The van der Waals surface area contributed by atoms with Crippen LogP contribution in [0, 0.1) is 0 Å². The normalized spacial score (nSPS) is 18.4. The molecule has 2 aromatic rings. The predicted molar refractivity (Wildman–Crippen MR) is 77.3 cm³/mol. The predicted octanol–water partition coefficient (Wildman–Crippen LogP) is 3.61. The van der Waals surface area contributed by atoms with Gasteiger partial charge in [-0.3, -0.25) is 4.79 Å². The smallest absolute Gasteiger partial charge is 0.227 e. The molecule has 1 aliphatic heterocycles. The van der Waals surface area contributed by atoms with E-state index in [2.05, 4.69) is 17.4 Å². The second kappa shape index (κ2) is 5.06. The lowest BCUT2D eigenvalue weighted by molar-refractivity contribution is -0.120. The molecule has 1 fully saturated rings. The van der Waals surface area contributed by atoms with Crippen LogP contribution in [0.1, 0.15) is 17.9 Å². The Bertz CT molecular complexity index is 606. The number of hydrogen-bond donors (Lipinski definition) is 1. The van der Waals surface area contributed by atoms with Gasteiger partial charge in [0, 0.05) is 11.6 Å². The van der Waals surface area contributed by atoms with Crippen LogP contribution in [0.15, 0.2) is 48.5 Å². The first-order chi connectivity index (χ1) is 9.24. The fraction of sp³-hybridized carbons (Fsp3) is 0.188. The van der Waals surface area contributed by atoms with Crippen LogP contribution >= 0.6 is 11.6 Å². The maximum absolute atomic E-state index is 11.7. The fourth-order valence-electron chi connectivity index (χ4n) is 2.49. The van der Waals surface area contributed by atoms with Gasteiger partial charge < -0.3 is 5.32 Å². The summed E-state index contributed by atoms with van der Waals surface area (Å²) in [5.41, 5.74) is 3.32. The van der Waals surface area contributed by atoms with Crippen LogP contribution in [0.25, 0.3) is 11.1 Å². The molecule has 2 nitrogen and oxygen atoms in total. The van der Waals surface area contributed by atoms with Crippen molar-refractivity contribution in [3.05, 3.63) is 59.1 Å². The van der Waals surface area contributed by atoms with E-state index in [0.29, 0.717) is 0 Å². The molecule has 96 valence electrons. The van der Waals surface area contributed by atoms with Crippen LogP contribution < -0.4 is 5.32 Å². The lowest BCUT2D eigenvalue weighted by Gasteiger charge is -2.09. The van der Waals surface area contributed by atoms with E-state index < -0.39 is 0 Å². The van der Waals surface area contributed by atoms with Crippen LogP contribution in [0.4, 0.5) is 0 Å². The summed E-state index contributed by atoms with van der Waals surface area (Å²) in [6.07, 6.45) is 0.878. The van der Waals surface area contributed by atoms with Gasteiger partial charge in [-0.05, 0) is 35.2 Å². The van der Waals surface area contributed by atoms with Gasteiger partial charge in [0.05, 0.1) is 5.92 Å². The van der Waals surface area contributed by atoms with E-state index in [4.69, 9.17) is 11.6 Å². The minimum absolute atomic E-state index is 0.00718. The second-order valence-corrected chi connectivity index (χ2v) is 5.20. The summed E-state index contributed by atoms with van der Waals surface area (Å²) in [5, 5.41) is 3.61. The molecule has 0 radical (unpaired) electrons. The van der Waals surface area contributed by atoms with E-state index in [1.807, 2.05) is 36.4 Å². The summed E-state index contributed by atoms with van der Waals surface area (Å²) in [4.78, 5) is 11.7. The fourth-order valence-corrected chi connectivity index (χ4v) is 2.62. The summed E-state index contributed by atoms with van der Waals surface area (Å²) >= 11 is 5.90. The van der Waals surface area contributed by atoms with Gasteiger partial charge in [0.1, 0.15) is 0 Å². The average Bonchev–Trinajstić information content (AvgIpc) is 2.86. The molecule has 1 aliphatic rings. The number of carbonyl (C=O) groups is 1. The maximum atomic E-state index is 11.7. The first-order valence-corrected chi connectivity index (χ1v) is 6.75. The zero-order chi connectivity index (χ0) is 13.2. The van der Waals surface area contributed by atoms with E-state index >= 15 is 0 Å². The van der Waals surface area contributed by atoms with Crippen LogP contribution in [0.3, 0.4) is 0 Å². The average molecular weight is 272 g/mol. The molecule has 0 aliphatic carbocycles. The third-order valence-corrected chi connectivity index (χ3v) is 3.77. The van der Waals surface area contributed by atoms with Crippen molar-refractivity contribution in [1.29, 1.82) is 0 Å². The summed E-state index contributed by atoms with van der Waals surface area (Å²) in [6, 6.07) is 15.9. The van der Waals surface area contributed by atoms with Gasteiger partial charge in [0.25, 0.3) is 0 Å². The molecule has 0 bridgehead atoms. The molecule has 0 spiro atoms. The molecular formula is C16H14ClNO. The molecule has 2 aromatic carbocycles. The monoisotopic (exact) mass is 271 g/mol. The molecule has 1 N–H and O–H groups in total. The molecule has 3 heteroatoms. The van der Waals surface area contributed by atoms with Gasteiger partial charge in [-0.1, -0.05) is 48.0 Å². The Hall–Kier alpha value is -1.80. The number of hydrogen-bond acceptors (Lipinski definition) is 1. The highest BCUT2D eigenvalue weighted by molar-refractivity contribution is 6.30. The van der Waals surface area contributed by atoms with Crippen LogP contribution in [-0.4, -0.2) is 12.5 Å². The van der Waals surface area contributed by atoms with Gasteiger partial charge in [-0.2, -0.15) is 0 Å². The van der Waals surface area contributed by atoms with Gasteiger partial charge in [0.2, 0.25) is 5.91 Å². The molecule has 1 amide bonds. The molecule has 19 heavy (non-hydrogen) atoms. The van der Waals surface area contributed by atoms with E-state index in [9.17, 15) is 4.79 Å². The van der Waals surface area contributed by atoms with Crippen molar-refractivity contribution in [2.75, 3.05) is 6.54 Å². The number of rotatable bonds is 2. The Morgan fingerprint density at radius 2 is 1.84 bits per heavy atom. The van der Waals surface area contributed by atoms with E-state index in [1.165, 1.54) is 0 Å². The number of benzene rings is 2. The second-order valence-electron chi connectivity index (χ2n) is 4.76. The van der Waals surface area contributed by atoms with Crippen molar-refractivity contribution in [2.24, 2.45) is 0 Å². The Morgan fingerprint density at radius 1 is 1.05 bits per heavy atom. The standard InChI is InChI=1S/C16H14ClNO/c17-14-6-4-11(5-7-14)12-2-1-3-13(10-12)15-8-9-18-16(15)19/h1-7,10,15H,8-9H2,(H,18,19). The maximum Gasteiger partial charge on any atom is 0.227 e. The Balaban J connectivity index is 1.95. The van der Waals surface area contributed by atoms with Crippen molar-refractivity contribution in [3.63, 3.8) is 0 Å². The number of halogens is 1. The molecule has 0 aromatic heterocycles. The lowest BCUT2D eigenvalue weighted by atomic mass is 9.94. The van der Waals surface area contributed by atoms with Crippen LogP contribution in [0.2, 0.25) is 5.02 Å². The third kappa shape index (κ3) is 2.49. The lowest BCUT2D eigenvalue weighted by Crippen LogP contribution is -2.17. The number of amides is 1. The van der Waals surface area contributed by atoms with Gasteiger partial charge in [-0.15, -0.1) is 0 Å². The molecule has 0 saturated carbocycles. The highest BCUT2D eigenvalue weighted by Gasteiger charge is 2.25. The van der Waals surface area contributed by atoms with Crippen molar-refractivity contribution >= 4 is 17.5 Å². The Kier molecular flexibility index (Phi) is 3.26. The summed E-state index contributed by atoms with van der Waals surface area (Å²) in [6.45, 7) is 0.772. The SMILES string of the molecule is O=C1NCCC1c1cccc(-c2ccc(Cl)cc2)c1. The van der Waals surface area contributed by atoms with E-state index in [1.54, 1.807) is 0 Å². The quantitative estimate of drug-likeness (QED) is 0.888. The van der Waals surface area contributed by atoms with Crippen molar-refractivity contribution < 1.29 is 4.79 Å². The highest BCUT2D eigenvalue weighted by Crippen LogP contribution is 2.28. The minimum atomic E-state index is -0.00718. The van der Waals surface area contributed by atoms with Gasteiger partial charge in [0.15, 0.2) is 0 Å². The largest absolute Gasteiger partial charge is 0.356 e. The highest BCUT2D eigenvalue weighted by atomic mass is 35.5.